The highest BCUT2D eigenvalue weighted by atomic mass is 16.4. The van der Waals surface area contributed by atoms with Crippen LogP contribution >= 0.6 is 0 Å². The van der Waals surface area contributed by atoms with Crippen LogP contribution in [0.2, 0.25) is 0 Å². The van der Waals surface area contributed by atoms with Gasteiger partial charge in [-0.25, -0.2) is 4.79 Å². The van der Waals surface area contributed by atoms with Crippen LogP contribution in [-0.2, 0) is 19.2 Å². The molecule has 33 heavy (non-hydrogen) atoms. The zero-order valence-corrected chi connectivity index (χ0v) is 19.7. The maximum atomic E-state index is 12.7. The molecule has 2 heterocycles. The highest BCUT2D eigenvalue weighted by molar-refractivity contribution is 5.86. The van der Waals surface area contributed by atoms with E-state index in [2.05, 4.69) is 16.0 Å². The van der Waals surface area contributed by atoms with E-state index in [1.807, 2.05) is 0 Å². The van der Waals surface area contributed by atoms with E-state index in [1.165, 1.54) is 0 Å². The minimum absolute atomic E-state index is 0.106. The molecule has 1 aliphatic carbocycles. The van der Waals surface area contributed by atoms with Crippen molar-refractivity contribution in [3.8, 4) is 0 Å². The van der Waals surface area contributed by atoms with Gasteiger partial charge in [-0.1, -0.05) is 19.3 Å². The molecule has 2 saturated heterocycles. The van der Waals surface area contributed by atoms with Crippen molar-refractivity contribution in [3.05, 3.63) is 0 Å². The monoisotopic (exact) mass is 464 g/mol. The van der Waals surface area contributed by atoms with Gasteiger partial charge in [-0.05, 0) is 64.0 Å². The first-order valence-corrected chi connectivity index (χ1v) is 12.7. The van der Waals surface area contributed by atoms with E-state index in [0.717, 1.165) is 70.9 Å². The minimum Gasteiger partial charge on any atom is -0.480 e. The molecule has 0 aromatic carbocycles. The first-order valence-electron chi connectivity index (χ1n) is 12.7. The molecule has 2 aliphatic heterocycles. The summed E-state index contributed by atoms with van der Waals surface area (Å²) >= 11 is 0. The SMILES string of the molecule is O=C(N[C@H](CNC(=O)[C@@H]1CCCN(C(=O)CCC2CCNCC2)C1)C(=O)O)C1CCCCC1. The lowest BCUT2D eigenvalue weighted by Gasteiger charge is -2.33. The van der Waals surface area contributed by atoms with Gasteiger partial charge in [0.1, 0.15) is 6.04 Å². The Balaban J connectivity index is 1.42. The Kier molecular flexibility index (Phi) is 9.96. The summed E-state index contributed by atoms with van der Waals surface area (Å²) in [6, 6.07) is -1.14. The van der Waals surface area contributed by atoms with Crippen molar-refractivity contribution in [1.82, 2.24) is 20.9 Å². The second-order valence-corrected chi connectivity index (χ2v) is 9.89. The summed E-state index contributed by atoms with van der Waals surface area (Å²) in [5.74, 6) is -1.42. The highest BCUT2D eigenvalue weighted by Crippen LogP contribution is 2.24. The lowest BCUT2D eigenvalue weighted by Crippen LogP contribution is -2.52. The average Bonchev–Trinajstić information content (AvgIpc) is 2.85. The zero-order valence-electron chi connectivity index (χ0n) is 19.7. The number of carboxylic acids is 1. The van der Waals surface area contributed by atoms with E-state index < -0.39 is 12.0 Å². The van der Waals surface area contributed by atoms with Crippen molar-refractivity contribution in [2.75, 3.05) is 32.7 Å². The standard InChI is InChI=1S/C24H40N4O5/c29-21(9-8-17-10-12-25-13-11-17)28-14-4-7-19(16-28)22(30)26-15-20(24(32)33)27-23(31)18-5-2-1-3-6-18/h17-20,25H,1-16H2,(H,26,30)(H,27,31)(H,32,33)/t19-,20-/m1/s1. The number of rotatable bonds is 9. The summed E-state index contributed by atoms with van der Waals surface area (Å²) in [6.07, 6.45) is 9.74. The van der Waals surface area contributed by atoms with Crippen LogP contribution in [0, 0.1) is 17.8 Å². The van der Waals surface area contributed by atoms with Crippen LogP contribution in [0.1, 0.15) is 70.6 Å². The van der Waals surface area contributed by atoms with Gasteiger partial charge in [-0.2, -0.15) is 0 Å². The van der Waals surface area contributed by atoms with Crippen LogP contribution in [0.5, 0.6) is 0 Å². The van der Waals surface area contributed by atoms with Crippen LogP contribution < -0.4 is 16.0 Å². The van der Waals surface area contributed by atoms with E-state index in [-0.39, 0.29) is 36.1 Å². The number of amides is 3. The Morgan fingerprint density at radius 2 is 1.61 bits per heavy atom. The van der Waals surface area contributed by atoms with E-state index in [0.29, 0.717) is 31.8 Å². The molecule has 0 unspecified atom stereocenters. The fourth-order valence-corrected chi connectivity index (χ4v) is 5.28. The van der Waals surface area contributed by atoms with Crippen LogP contribution in [0.4, 0.5) is 0 Å². The molecule has 186 valence electrons. The molecule has 3 aliphatic rings. The van der Waals surface area contributed by atoms with Crippen LogP contribution in [-0.4, -0.2) is 72.5 Å². The molecular weight excluding hydrogens is 424 g/mol. The molecule has 4 N–H and O–H groups in total. The normalized spacial score (nSPS) is 23.5. The third-order valence-electron chi connectivity index (χ3n) is 7.44. The van der Waals surface area contributed by atoms with Crippen molar-refractivity contribution in [2.24, 2.45) is 17.8 Å². The van der Waals surface area contributed by atoms with Gasteiger partial charge in [0, 0.05) is 32.0 Å². The van der Waals surface area contributed by atoms with E-state index in [4.69, 9.17) is 0 Å². The van der Waals surface area contributed by atoms with Gasteiger partial charge < -0.3 is 26.0 Å². The van der Waals surface area contributed by atoms with Gasteiger partial charge in [0.25, 0.3) is 0 Å². The van der Waals surface area contributed by atoms with Crippen LogP contribution in [0.25, 0.3) is 0 Å². The Morgan fingerprint density at radius 3 is 2.30 bits per heavy atom. The molecule has 3 amide bonds. The Bertz CT molecular complexity index is 688. The molecule has 9 heteroatoms. The van der Waals surface area contributed by atoms with Gasteiger partial charge >= 0.3 is 5.97 Å². The number of nitrogens with one attached hydrogen (secondary N) is 3. The first kappa shape index (κ1) is 25.5. The number of carbonyl (C=O) groups excluding carboxylic acids is 3. The molecule has 9 nitrogen and oxygen atoms in total. The lowest BCUT2D eigenvalue weighted by atomic mass is 9.88. The number of piperidine rings is 2. The smallest absolute Gasteiger partial charge is 0.328 e. The number of carbonyl (C=O) groups is 4. The third-order valence-corrected chi connectivity index (χ3v) is 7.44. The Hall–Kier alpha value is -2.16. The first-order chi connectivity index (χ1) is 15.9. The number of carboxylic acid groups (broad SMARTS) is 1. The Labute approximate surface area is 196 Å². The molecule has 0 bridgehead atoms. The molecule has 3 fully saturated rings. The zero-order chi connectivity index (χ0) is 23.6. The van der Waals surface area contributed by atoms with E-state index in [1.54, 1.807) is 4.90 Å². The van der Waals surface area contributed by atoms with Crippen LogP contribution in [0.3, 0.4) is 0 Å². The minimum atomic E-state index is -1.15. The fraction of sp³-hybridized carbons (Fsp3) is 0.833. The summed E-state index contributed by atoms with van der Waals surface area (Å²) in [6.45, 7) is 2.94. The predicted molar refractivity (Wildman–Crippen MR) is 123 cm³/mol. The maximum Gasteiger partial charge on any atom is 0.328 e. The van der Waals surface area contributed by atoms with Gasteiger partial charge in [-0.3, -0.25) is 14.4 Å². The summed E-state index contributed by atoms with van der Waals surface area (Å²) < 4.78 is 0. The molecule has 1 saturated carbocycles. The topological polar surface area (TPSA) is 128 Å². The summed E-state index contributed by atoms with van der Waals surface area (Å²) in [4.78, 5) is 51.2. The number of likely N-dealkylation sites (tertiary alicyclic amines) is 1. The van der Waals surface area contributed by atoms with Gasteiger partial charge in [0.2, 0.25) is 17.7 Å². The van der Waals surface area contributed by atoms with Gasteiger partial charge in [-0.15, -0.1) is 0 Å². The molecule has 2 atom stereocenters. The van der Waals surface area contributed by atoms with E-state index >= 15 is 0 Å². The molecule has 3 rings (SSSR count). The third kappa shape index (κ3) is 7.98. The number of hydrogen-bond acceptors (Lipinski definition) is 5. The largest absolute Gasteiger partial charge is 0.480 e. The molecule has 0 aromatic rings. The van der Waals surface area contributed by atoms with Crippen molar-refractivity contribution >= 4 is 23.7 Å². The molecule has 0 aromatic heterocycles. The number of aliphatic carboxylic acids is 1. The van der Waals surface area contributed by atoms with Gasteiger partial charge in [0.05, 0.1) is 5.92 Å². The number of nitrogens with zero attached hydrogens (tertiary/aromatic N) is 1. The second-order valence-electron chi connectivity index (χ2n) is 9.89. The number of hydrogen-bond donors (Lipinski definition) is 4. The van der Waals surface area contributed by atoms with Crippen molar-refractivity contribution in [3.63, 3.8) is 0 Å². The Morgan fingerprint density at radius 1 is 0.909 bits per heavy atom. The van der Waals surface area contributed by atoms with Crippen molar-refractivity contribution in [1.29, 1.82) is 0 Å². The van der Waals surface area contributed by atoms with Crippen LogP contribution in [0.15, 0.2) is 0 Å². The van der Waals surface area contributed by atoms with Crippen molar-refractivity contribution in [2.45, 2.75) is 76.7 Å². The van der Waals surface area contributed by atoms with Crippen molar-refractivity contribution < 1.29 is 24.3 Å². The summed E-state index contributed by atoms with van der Waals surface area (Å²) in [5, 5.41) is 18.1. The highest BCUT2D eigenvalue weighted by Gasteiger charge is 2.31. The molecular formula is C24H40N4O5. The molecule has 0 spiro atoms. The quantitative estimate of drug-likeness (QED) is 0.407. The average molecular weight is 465 g/mol. The van der Waals surface area contributed by atoms with Gasteiger partial charge in [0.15, 0.2) is 0 Å². The van der Waals surface area contributed by atoms with E-state index in [9.17, 15) is 24.3 Å². The second kappa shape index (κ2) is 12.9. The lowest BCUT2D eigenvalue weighted by molar-refractivity contribution is -0.142. The fourth-order valence-electron chi connectivity index (χ4n) is 5.28. The maximum absolute atomic E-state index is 12.7. The summed E-state index contributed by atoms with van der Waals surface area (Å²) in [7, 11) is 0. The predicted octanol–water partition coefficient (Wildman–Crippen LogP) is 1.27. The summed E-state index contributed by atoms with van der Waals surface area (Å²) in [5.41, 5.74) is 0. The molecule has 0 radical (unpaired) electrons.